The minimum atomic E-state index is -0.202. The summed E-state index contributed by atoms with van der Waals surface area (Å²) >= 11 is 1.86. The van der Waals surface area contributed by atoms with Gasteiger partial charge in [-0.1, -0.05) is 20.8 Å². The second-order valence-electron chi connectivity index (χ2n) is 5.53. The van der Waals surface area contributed by atoms with E-state index in [1.807, 2.05) is 11.3 Å². The molecule has 1 rings (SSSR count). The Kier molecular flexibility index (Phi) is 5.79. The fraction of sp³-hybridized carbons (Fsp3) is 0.714. The van der Waals surface area contributed by atoms with Gasteiger partial charge in [-0.15, -0.1) is 11.3 Å². The summed E-state index contributed by atoms with van der Waals surface area (Å²) < 4.78 is 10.5. The van der Waals surface area contributed by atoms with E-state index in [0.29, 0.717) is 0 Å². The van der Waals surface area contributed by atoms with Crippen LogP contribution in [0.3, 0.4) is 0 Å². The van der Waals surface area contributed by atoms with Crippen molar-refractivity contribution in [3.63, 3.8) is 0 Å². The molecule has 4 heteroatoms. The van der Waals surface area contributed by atoms with Crippen LogP contribution in [-0.4, -0.2) is 26.6 Å². The molecule has 104 valence electrons. The first-order chi connectivity index (χ1) is 8.38. The Morgan fingerprint density at radius 3 is 2.28 bits per heavy atom. The molecule has 0 bridgehead atoms. The standard InChI is InChI=1S/C14H25NO2S/c1-10(13(16-5)17-6)15-9-11-7-8-12(18-11)14(2,3)4/h7-8,10,13,15H,9H2,1-6H3. The Hall–Kier alpha value is -0.420. The van der Waals surface area contributed by atoms with Crippen molar-refractivity contribution in [2.45, 2.75) is 52.0 Å². The Balaban J connectivity index is 2.51. The predicted octanol–water partition coefficient (Wildman–Crippen LogP) is 3.14. The third-order valence-electron chi connectivity index (χ3n) is 2.87. The maximum Gasteiger partial charge on any atom is 0.171 e. The van der Waals surface area contributed by atoms with Gasteiger partial charge in [0.25, 0.3) is 0 Å². The van der Waals surface area contributed by atoms with Gasteiger partial charge in [-0.2, -0.15) is 0 Å². The molecule has 0 spiro atoms. The summed E-state index contributed by atoms with van der Waals surface area (Å²) in [7, 11) is 3.32. The van der Waals surface area contributed by atoms with Gasteiger partial charge in [0.2, 0.25) is 0 Å². The van der Waals surface area contributed by atoms with Crippen LogP contribution in [0.25, 0.3) is 0 Å². The zero-order valence-electron chi connectivity index (χ0n) is 12.2. The molecule has 0 fully saturated rings. The Labute approximate surface area is 114 Å². The Morgan fingerprint density at radius 1 is 1.22 bits per heavy atom. The fourth-order valence-corrected chi connectivity index (χ4v) is 2.75. The van der Waals surface area contributed by atoms with E-state index in [4.69, 9.17) is 9.47 Å². The number of methoxy groups -OCH3 is 2. The summed E-state index contributed by atoms with van der Waals surface area (Å²) in [6.07, 6.45) is -0.202. The largest absolute Gasteiger partial charge is 0.354 e. The average molecular weight is 271 g/mol. The van der Waals surface area contributed by atoms with E-state index >= 15 is 0 Å². The maximum atomic E-state index is 5.23. The highest BCUT2D eigenvalue weighted by Gasteiger charge is 2.18. The summed E-state index contributed by atoms with van der Waals surface area (Å²) in [5.41, 5.74) is 0.232. The molecule has 1 aromatic rings. The van der Waals surface area contributed by atoms with Crippen LogP contribution >= 0.6 is 11.3 Å². The van der Waals surface area contributed by atoms with Crippen LogP contribution in [0.5, 0.6) is 0 Å². The molecule has 0 saturated heterocycles. The van der Waals surface area contributed by atoms with Crippen molar-refractivity contribution < 1.29 is 9.47 Å². The van der Waals surface area contributed by atoms with Gasteiger partial charge in [-0.25, -0.2) is 0 Å². The van der Waals surface area contributed by atoms with Gasteiger partial charge in [0.15, 0.2) is 6.29 Å². The zero-order valence-corrected chi connectivity index (χ0v) is 13.1. The van der Waals surface area contributed by atoms with E-state index in [0.717, 1.165) is 6.54 Å². The zero-order chi connectivity index (χ0) is 13.8. The molecule has 1 aromatic heterocycles. The van der Waals surface area contributed by atoms with Crippen LogP contribution < -0.4 is 5.32 Å². The number of rotatable bonds is 6. The van der Waals surface area contributed by atoms with Crippen LogP contribution in [0.2, 0.25) is 0 Å². The minimum Gasteiger partial charge on any atom is -0.354 e. The van der Waals surface area contributed by atoms with Gasteiger partial charge in [-0.3, -0.25) is 0 Å². The third-order valence-corrected chi connectivity index (χ3v) is 4.38. The van der Waals surface area contributed by atoms with Crippen LogP contribution in [0.4, 0.5) is 0 Å². The molecule has 0 saturated carbocycles. The first-order valence-corrected chi connectivity index (χ1v) is 7.08. The van der Waals surface area contributed by atoms with E-state index in [1.54, 1.807) is 14.2 Å². The summed E-state index contributed by atoms with van der Waals surface area (Å²) in [5.74, 6) is 0. The van der Waals surface area contributed by atoms with Crippen molar-refractivity contribution in [1.82, 2.24) is 5.32 Å². The van der Waals surface area contributed by atoms with Crippen LogP contribution in [0.15, 0.2) is 12.1 Å². The Bertz CT molecular complexity index is 353. The number of ether oxygens (including phenoxy) is 2. The maximum absolute atomic E-state index is 5.23. The number of hydrogen-bond donors (Lipinski definition) is 1. The molecule has 1 unspecified atom stereocenters. The molecule has 1 N–H and O–H groups in total. The van der Waals surface area contributed by atoms with Gasteiger partial charge in [0.1, 0.15) is 0 Å². The van der Waals surface area contributed by atoms with E-state index < -0.39 is 0 Å². The number of hydrogen-bond acceptors (Lipinski definition) is 4. The van der Waals surface area contributed by atoms with Crippen LogP contribution in [0, 0.1) is 0 Å². The van der Waals surface area contributed by atoms with E-state index in [-0.39, 0.29) is 17.7 Å². The molecule has 3 nitrogen and oxygen atoms in total. The SMILES string of the molecule is COC(OC)C(C)NCc1ccc(C(C)(C)C)s1. The second-order valence-corrected chi connectivity index (χ2v) is 6.69. The van der Waals surface area contributed by atoms with Crippen molar-refractivity contribution in [3.05, 3.63) is 21.9 Å². The van der Waals surface area contributed by atoms with Crippen molar-refractivity contribution in [2.24, 2.45) is 0 Å². The smallest absolute Gasteiger partial charge is 0.171 e. The number of thiophene rings is 1. The predicted molar refractivity (Wildman–Crippen MR) is 77.1 cm³/mol. The molecule has 0 aromatic carbocycles. The lowest BCUT2D eigenvalue weighted by molar-refractivity contribution is -0.119. The lowest BCUT2D eigenvalue weighted by atomic mass is 9.95. The lowest BCUT2D eigenvalue weighted by Crippen LogP contribution is -2.39. The van der Waals surface area contributed by atoms with Crippen LogP contribution in [-0.2, 0) is 21.4 Å². The minimum absolute atomic E-state index is 0.167. The van der Waals surface area contributed by atoms with Gasteiger partial charge >= 0.3 is 0 Å². The lowest BCUT2D eigenvalue weighted by Gasteiger charge is -2.21. The molecule has 0 aliphatic carbocycles. The van der Waals surface area contributed by atoms with Crippen molar-refractivity contribution in [1.29, 1.82) is 0 Å². The molecule has 18 heavy (non-hydrogen) atoms. The molecule has 1 heterocycles. The quantitative estimate of drug-likeness (QED) is 0.806. The first kappa shape index (κ1) is 15.6. The normalized spacial score (nSPS) is 14.2. The summed E-state index contributed by atoms with van der Waals surface area (Å²) in [5, 5.41) is 3.43. The van der Waals surface area contributed by atoms with Crippen molar-refractivity contribution in [3.8, 4) is 0 Å². The average Bonchev–Trinajstić information content (AvgIpc) is 2.76. The molecular weight excluding hydrogens is 246 g/mol. The van der Waals surface area contributed by atoms with Gasteiger partial charge < -0.3 is 14.8 Å². The second kappa shape index (κ2) is 6.66. The van der Waals surface area contributed by atoms with E-state index in [9.17, 15) is 0 Å². The van der Waals surface area contributed by atoms with E-state index in [2.05, 4.69) is 45.1 Å². The van der Waals surface area contributed by atoms with Crippen molar-refractivity contribution >= 4 is 11.3 Å². The highest BCUT2D eigenvalue weighted by Crippen LogP contribution is 2.29. The molecule has 0 aliphatic rings. The highest BCUT2D eigenvalue weighted by atomic mass is 32.1. The van der Waals surface area contributed by atoms with Gasteiger partial charge in [0, 0.05) is 30.5 Å². The monoisotopic (exact) mass is 271 g/mol. The van der Waals surface area contributed by atoms with Crippen LogP contribution in [0.1, 0.15) is 37.4 Å². The summed E-state index contributed by atoms with van der Waals surface area (Å²) in [6, 6.07) is 4.58. The molecule has 0 amide bonds. The first-order valence-electron chi connectivity index (χ1n) is 6.26. The molecule has 0 radical (unpaired) electrons. The highest BCUT2D eigenvalue weighted by molar-refractivity contribution is 7.12. The van der Waals surface area contributed by atoms with Gasteiger partial charge in [0.05, 0.1) is 6.04 Å². The van der Waals surface area contributed by atoms with Gasteiger partial charge in [-0.05, 0) is 24.5 Å². The summed E-state index contributed by atoms with van der Waals surface area (Å²) in [4.78, 5) is 2.76. The Morgan fingerprint density at radius 2 is 1.83 bits per heavy atom. The molecule has 1 atom stereocenters. The summed E-state index contributed by atoms with van der Waals surface area (Å²) in [6.45, 7) is 9.64. The fourth-order valence-electron chi connectivity index (χ4n) is 1.74. The third kappa shape index (κ3) is 4.35. The van der Waals surface area contributed by atoms with E-state index in [1.165, 1.54) is 9.75 Å². The molecule has 0 aliphatic heterocycles. The molecular formula is C14H25NO2S. The number of nitrogens with one attached hydrogen (secondary N) is 1. The van der Waals surface area contributed by atoms with Crippen molar-refractivity contribution in [2.75, 3.05) is 14.2 Å². The topological polar surface area (TPSA) is 30.5 Å².